The Labute approximate surface area is 116 Å². The summed E-state index contributed by atoms with van der Waals surface area (Å²) < 4.78 is 0. The standard InChI is InChI=1S/C17H24N2/c1-6-15-12(5)16(18-7-2)14-10-8-9-13(11(3)4)17(14)19-15/h8-11H,6-7H2,1-5H3,(H,18,19). The number of hydrogen-bond acceptors (Lipinski definition) is 2. The number of anilines is 1. The first kappa shape index (κ1) is 13.9. The van der Waals surface area contributed by atoms with Crippen LogP contribution in [0.2, 0.25) is 0 Å². The van der Waals surface area contributed by atoms with Gasteiger partial charge in [-0.25, -0.2) is 0 Å². The topological polar surface area (TPSA) is 24.9 Å². The predicted molar refractivity (Wildman–Crippen MR) is 84.1 cm³/mol. The molecule has 1 N–H and O–H groups in total. The Morgan fingerprint density at radius 2 is 1.95 bits per heavy atom. The van der Waals surface area contributed by atoms with E-state index < -0.39 is 0 Å². The molecule has 1 aromatic carbocycles. The summed E-state index contributed by atoms with van der Waals surface area (Å²) in [5.41, 5.74) is 6.25. The Morgan fingerprint density at radius 3 is 2.53 bits per heavy atom. The largest absolute Gasteiger partial charge is 0.385 e. The number of aromatic nitrogens is 1. The second kappa shape index (κ2) is 5.60. The summed E-state index contributed by atoms with van der Waals surface area (Å²) >= 11 is 0. The SMILES string of the molecule is CCNc1c(C)c(CC)nc2c(C(C)C)cccc12. The van der Waals surface area contributed by atoms with Crippen molar-refractivity contribution in [3.63, 3.8) is 0 Å². The first-order chi connectivity index (χ1) is 9.10. The summed E-state index contributed by atoms with van der Waals surface area (Å²) in [6.07, 6.45) is 0.979. The molecule has 0 saturated heterocycles. The number of hydrogen-bond donors (Lipinski definition) is 1. The quantitative estimate of drug-likeness (QED) is 0.860. The normalized spacial score (nSPS) is 11.3. The average molecular weight is 256 g/mol. The minimum Gasteiger partial charge on any atom is -0.385 e. The van der Waals surface area contributed by atoms with Crippen LogP contribution in [0.15, 0.2) is 18.2 Å². The van der Waals surface area contributed by atoms with Gasteiger partial charge in [-0.1, -0.05) is 39.0 Å². The summed E-state index contributed by atoms with van der Waals surface area (Å²) in [6.45, 7) is 11.9. The molecule has 19 heavy (non-hydrogen) atoms. The zero-order valence-electron chi connectivity index (χ0n) is 12.7. The highest BCUT2D eigenvalue weighted by Gasteiger charge is 2.14. The van der Waals surface area contributed by atoms with Gasteiger partial charge in [0.15, 0.2) is 0 Å². The lowest BCUT2D eigenvalue weighted by Gasteiger charge is -2.17. The third-order valence-corrected chi connectivity index (χ3v) is 3.70. The maximum atomic E-state index is 4.92. The molecule has 2 rings (SSSR count). The minimum atomic E-state index is 0.498. The molecular formula is C17H24N2. The van der Waals surface area contributed by atoms with Gasteiger partial charge in [-0.2, -0.15) is 0 Å². The Kier molecular flexibility index (Phi) is 4.08. The zero-order valence-corrected chi connectivity index (χ0v) is 12.7. The van der Waals surface area contributed by atoms with Gasteiger partial charge >= 0.3 is 0 Å². The van der Waals surface area contributed by atoms with Crippen molar-refractivity contribution < 1.29 is 0 Å². The molecule has 0 aliphatic rings. The first-order valence-electron chi connectivity index (χ1n) is 7.26. The second-order valence-corrected chi connectivity index (χ2v) is 5.34. The van der Waals surface area contributed by atoms with Crippen LogP contribution in [-0.4, -0.2) is 11.5 Å². The molecule has 0 aliphatic carbocycles. The lowest BCUT2D eigenvalue weighted by Crippen LogP contribution is -2.05. The van der Waals surface area contributed by atoms with Gasteiger partial charge in [-0.05, 0) is 37.3 Å². The van der Waals surface area contributed by atoms with Crippen LogP contribution in [0.4, 0.5) is 5.69 Å². The van der Waals surface area contributed by atoms with E-state index in [0.29, 0.717) is 5.92 Å². The highest BCUT2D eigenvalue weighted by atomic mass is 14.9. The van der Waals surface area contributed by atoms with Gasteiger partial charge in [0.1, 0.15) is 0 Å². The molecule has 0 saturated carbocycles. The molecule has 1 aromatic heterocycles. The summed E-state index contributed by atoms with van der Waals surface area (Å²) in [7, 11) is 0. The van der Waals surface area contributed by atoms with Crippen molar-refractivity contribution in [1.29, 1.82) is 0 Å². The van der Waals surface area contributed by atoms with Crippen LogP contribution in [-0.2, 0) is 6.42 Å². The summed E-state index contributed by atoms with van der Waals surface area (Å²) in [6, 6.07) is 6.52. The molecule has 0 fully saturated rings. The smallest absolute Gasteiger partial charge is 0.0760 e. The minimum absolute atomic E-state index is 0.498. The first-order valence-corrected chi connectivity index (χ1v) is 7.26. The van der Waals surface area contributed by atoms with Gasteiger partial charge in [-0.3, -0.25) is 4.98 Å². The van der Waals surface area contributed by atoms with E-state index in [4.69, 9.17) is 4.98 Å². The monoisotopic (exact) mass is 256 g/mol. The lowest BCUT2D eigenvalue weighted by molar-refractivity contribution is 0.870. The van der Waals surface area contributed by atoms with E-state index in [2.05, 4.69) is 58.1 Å². The van der Waals surface area contributed by atoms with Crippen molar-refractivity contribution in [3.05, 3.63) is 35.0 Å². The number of para-hydroxylation sites is 1. The molecule has 2 nitrogen and oxygen atoms in total. The number of rotatable bonds is 4. The van der Waals surface area contributed by atoms with E-state index in [-0.39, 0.29) is 0 Å². The highest BCUT2D eigenvalue weighted by Crippen LogP contribution is 2.32. The molecule has 2 aromatic rings. The van der Waals surface area contributed by atoms with Gasteiger partial charge < -0.3 is 5.32 Å². The van der Waals surface area contributed by atoms with Gasteiger partial charge in [0.05, 0.1) is 5.52 Å². The molecule has 0 spiro atoms. The zero-order chi connectivity index (χ0) is 14.0. The Bertz CT molecular complexity index is 585. The van der Waals surface area contributed by atoms with Crippen LogP contribution in [0.5, 0.6) is 0 Å². The molecule has 0 amide bonds. The predicted octanol–water partition coefficient (Wildman–Crippen LogP) is 4.66. The van der Waals surface area contributed by atoms with Gasteiger partial charge in [-0.15, -0.1) is 0 Å². The number of pyridine rings is 1. The maximum absolute atomic E-state index is 4.92. The van der Waals surface area contributed by atoms with Crippen molar-refractivity contribution in [1.82, 2.24) is 4.98 Å². The van der Waals surface area contributed by atoms with E-state index in [9.17, 15) is 0 Å². The molecule has 102 valence electrons. The summed E-state index contributed by atoms with van der Waals surface area (Å²) in [4.78, 5) is 4.92. The lowest BCUT2D eigenvalue weighted by atomic mass is 9.96. The van der Waals surface area contributed by atoms with Crippen molar-refractivity contribution in [2.45, 2.75) is 47.0 Å². The number of fused-ring (bicyclic) bond motifs is 1. The summed E-state index contributed by atoms with van der Waals surface area (Å²) in [5, 5.41) is 4.77. The molecule has 1 heterocycles. The number of benzene rings is 1. The fourth-order valence-corrected chi connectivity index (χ4v) is 2.67. The van der Waals surface area contributed by atoms with Crippen LogP contribution in [0.3, 0.4) is 0 Å². The molecular weight excluding hydrogens is 232 g/mol. The number of nitrogens with zero attached hydrogens (tertiary/aromatic N) is 1. The van der Waals surface area contributed by atoms with Crippen LogP contribution in [0.25, 0.3) is 10.9 Å². The van der Waals surface area contributed by atoms with Gasteiger partial charge in [0, 0.05) is 23.3 Å². The van der Waals surface area contributed by atoms with Crippen LogP contribution >= 0.6 is 0 Å². The second-order valence-electron chi connectivity index (χ2n) is 5.34. The third kappa shape index (κ3) is 2.44. The van der Waals surface area contributed by atoms with E-state index in [1.54, 1.807) is 0 Å². The van der Waals surface area contributed by atoms with Crippen molar-refractivity contribution >= 4 is 16.6 Å². The molecule has 0 bridgehead atoms. The fourth-order valence-electron chi connectivity index (χ4n) is 2.67. The van der Waals surface area contributed by atoms with E-state index in [1.807, 2.05) is 0 Å². The molecule has 0 atom stereocenters. The van der Waals surface area contributed by atoms with Gasteiger partial charge in [0.25, 0.3) is 0 Å². The highest BCUT2D eigenvalue weighted by molar-refractivity contribution is 5.95. The number of aryl methyl sites for hydroxylation is 1. The molecule has 0 unspecified atom stereocenters. The fraction of sp³-hybridized carbons (Fsp3) is 0.471. The summed E-state index contributed by atoms with van der Waals surface area (Å²) in [5.74, 6) is 0.498. The van der Waals surface area contributed by atoms with Crippen molar-refractivity contribution in [3.8, 4) is 0 Å². The van der Waals surface area contributed by atoms with E-state index >= 15 is 0 Å². The third-order valence-electron chi connectivity index (χ3n) is 3.70. The Balaban J connectivity index is 2.82. The van der Waals surface area contributed by atoms with Crippen molar-refractivity contribution in [2.75, 3.05) is 11.9 Å². The molecule has 0 radical (unpaired) electrons. The van der Waals surface area contributed by atoms with Crippen LogP contribution in [0.1, 0.15) is 50.4 Å². The van der Waals surface area contributed by atoms with Crippen LogP contribution in [0, 0.1) is 6.92 Å². The maximum Gasteiger partial charge on any atom is 0.0760 e. The molecule has 2 heteroatoms. The van der Waals surface area contributed by atoms with Gasteiger partial charge in [0.2, 0.25) is 0 Å². The molecule has 0 aliphatic heterocycles. The van der Waals surface area contributed by atoms with Crippen LogP contribution < -0.4 is 5.32 Å². The Morgan fingerprint density at radius 1 is 1.21 bits per heavy atom. The average Bonchev–Trinajstić information content (AvgIpc) is 2.40. The number of nitrogens with one attached hydrogen (secondary N) is 1. The Hall–Kier alpha value is -1.57. The van der Waals surface area contributed by atoms with Crippen molar-refractivity contribution in [2.24, 2.45) is 0 Å². The van der Waals surface area contributed by atoms with E-state index in [1.165, 1.54) is 27.9 Å². The van der Waals surface area contributed by atoms with E-state index in [0.717, 1.165) is 18.5 Å².